The molecule has 2 heterocycles. The number of urea groups is 1. The molecule has 0 saturated carbocycles. The van der Waals surface area contributed by atoms with Crippen LogP contribution in [0, 0.1) is 20.2 Å². The van der Waals surface area contributed by atoms with Gasteiger partial charge in [-0.05, 0) is 24.3 Å². The van der Waals surface area contributed by atoms with Crippen molar-refractivity contribution in [3.8, 4) is 33.9 Å². The number of aromatic nitrogens is 6. The van der Waals surface area contributed by atoms with E-state index in [0.29, 0.717) is 33.9 Å². The first-order valence-corrected chi connectivity index (χ1v) is 13.0. The molecule has 0 unspecified atom stereocenters. The van der Waals surface area contributed by atoms with Crippen LogP contribution in [0.15, 0.2) is 109 Å². The van der Waals surface area contributed by atoms with E-state index in [0.717, 1.165) is 0 Å². The van der Waals surface area contributed by atoms with Gasteiger partial charge in [-0.2, -0.15) is 0 Å². The van der Waals surface area contributed by atoms with Gasteiger partial charge in [-0.15, -0.1) is 10.2 Å². The Morgan fingerprint density at radius 1 is 0.568 bits per heavy atom. The third-order valence-electron chi connectivity index (χ3n) is 6.51. The smallest absolute Gasteiger partial charge is 0.289 e. The number of hydrogen-bond acceptors (Lipinski definition) is 9. The fraction of sp³-hybridized carbons (Fsp3) is 0. The largest absolute Gasteiger partial charge is 0.326 e. The van der Waals surface area contributed by atoms with Gasteiger partial charge >= 0.3 is 6.03 Å². The zero-order valence-electron chi connectivity index (χ0n) is 22.5. The fourth-order valence-corrected chi connectivity index (χ4v) is 4.48. The highest BCUT2D eigenvalue weighted by atomic mass is 16.6. The Labute approximate surface area is 247 Å². The predicted molar refractivity (Wildman–Crippen MR) is 160 cm³/mol. The maximum atomic E-state index is 13.4. The Kier molecular flexibility index (Phi) is 7.23. The quantitative estimate of drug-likeness (QED) is 0.167. The molecular formula is C29H20N10O5. The van der Waals surface area contributed by atoms with E-state index in [1.54, 1.807) is 0 Å². The van der Waals surface area contributed by atoms with Crippen molar-refractivity contribution in [2.24, 2.45) is 0 Å². The van der Waals surface area contributed by atoms with Crippen LogP contribution in [-0.2, 0) is 0 Å². The number of nitro groups is 2. The van der Waals surface area contributed by atoms with Crippen LogP contribution < -0.4 is 10.6 Å². The van der Waals surface area contributed by atoms with Crippen molar-refractivity contribution in [3.63, 3.8) is 0 Å². The van der Waals surface area contributed by atoms with Gasteiger partial charge in [0.1, 0.15) is 11.4 Å². The lowest BCUT2D eigenvalue weighted by molar-refractivity contribution is -0.385. The van der Waals surface area contributed by atoms with E-state index in [4.69, 9.17) is 0 Å². The molecular weight excluding hydrogens is 568 g/mol. The number of nitrogens with one attached hydrogen (secondary N) is 2. The zero-order valence-corrected chi connectivity index (χ0v) is 22.5. The van der Waals surface area contributed by atoms with Gasteiger partial charge in [0.25, 0.3) is 11.4 Å². The molecule has 0 fully saturated rings. The summed E-state index contributed by atoms with van der Waals surface area (Å²) in [5.74, 6) is 0.243. The minimum absolute atomic E-state index is 0.0798. The molecule has 44 heavy (non-hydrogen) atoms. The number of carbonyl (C=O) groups excluding carboxylic acids is 1. The van der Waals surface area contributed by atoms with Crippen LogP contribution in [0.25, 0.3) is 33.9 Å². The molecule has 0 aliphatic carbocycles. The first-order chi connectivity index (χ1) is 21.4. The summed E-state index contributed by atoms with van der Waals surface area (Å²) in [4.78, 5) is 34.6. The second-order valence-electron chi connectivity index (χ2n) is 9.26. The molecule has 216 valence electrons. The topological polar surface area (TPSA) is 189 Å². The van der Waals surface area contributed by atoms with E-state index in [9.17, 15) is 25.0 Å². The van der Waals surface area contributed by atoms with Crippen LogP contribution in [0.4, 0.5) is 27.8 Å². The number of nitrogens with zero attached hydrogens (tertiary/aromatic N) is 8. The summed E-state index contributed by atoms with van der Waals surface area (Å²) in [5.41, 5.74) is 3.06. The monoisotopic (exact) mass is 588 g/mol. The van der Waals surface area contributed by atoms with Gasteiger partial charge in [0.15, 0.2) is 11.6 Å². The van der Waals surface area contributed by atoms with Gasteiger partial charge in [0, 0.05) is 35.4 Å². The van der Waals surface area contributed by atoms with Gasteiger partial charge in [-0.1, -0.05) is 71.1 Å². The van der Waals surface area contributed by atoms with Gasteiger partial charge in [0.05, 0.1) is 21.2 Å². The highest BCUT2D eigenvalue weighted by molar-refractivity contribution is 6.02. The van der Waals surface area contributed by atoms with Gasteiger partial charge in [0.2, 0.25) is 0 Å². The molecule has 0 spiro atoms. The lowest BCUT2D eigenvalue weighted by atomic mass is 10.1. The van der Waals surface area contributed by atoms with Crippen molar-refractivity contribution in [3.05, 3.63) is 129 Å². The van der Waals surface area contributed by atoms with Crippen molar-refractivity contribution in [2.45, 2.75) is 0 Å². The number of rotatable bonds is 8. The number of carbonyl (C=O) groups is 1. The van der Waals surface area contributed by atoms with Gasteiger partial charge in [-0.25, -0.2) is 14.2 Å². The third kappa shape index (κ3) is 5.42. The third-order valence-corrected chi connectivity index (χ3v) is 6.51. The van der Waals surface area contributed by atoms with Crippen LogP contribution in [0.2, 0.25) is 0 Å². The van der Waals surface area contributed by atoms with Crippen LogP contribution in [0.3, 0.4) is 0 Å². The fourth-order valence-electron chi connectivity index (χ4n) is 4.48. The number of amides is 2. The van der Waals surface area contributed by atoms with Gasteiger partial charge in [-0.3, -0.25) is 30.9 Å². The molecule has 2 N–H and O–H groups in total. The summed E-state index contributed by atoms with van der Waals surface area (Å²) in [6.45, 7) is 0. The van der Waals surface area contributed by atoms with E-state index < -0.39 is 15.9 Å². The maximum absolute atomic E-state index is 13.4. The number of nitro benzene ring substituents is 2. The Morgan fingerprint density at radius 3 is 1.27 bits per heavy atom. The minimum Gasteiger partial charge on any atom is -0.289 e. The molecule has 0 aliphatic heterocycles. The van der Waals surface area contributed by atoms with Crippen molar-refractivity contribution >= 4 is 29.0 Å². The number of benzene rings is 4. The highest BCUT2D eigenvalue weighted by Crippen LogP contribution is 2.31. The second-order valence-corrected chi connectivity index (χ2v) is 9.26. The molecule has 15 heteroatoms. The molecule has 15 nitrogen and oxygen atoms in total. The van der Waals surface area contributed by atoms with E-state index in [1.165, 1.54) is 57.9 Å². The van der Waals surface area contributed by atoms with Crippen LogP contribution in [0.1, 0.15) is 0 Å². The summed E-state index contributed by atoms with van der Waals surface area (Å²) in [6.07, 6.45) is 0. The summed E-state index contributed by atoms with van der Waals surface area (Å²) in [5, 5.41) is 44.4. The van der Waals surface area contributed by atoms with Crippen molar-refractivity contribution < 1.29 is 14.6 Å². The van der Waals surface area contributed by atoms with Crippen molar-refractivity contribution in [1.82, 2.24) is 30.0 Å². The van der Waals surface area contributed by atoms with E-state index in [-0.39, 0.29) is 23.0 Å². The summed E-state index contributed by atoms with van der Waals surface area (Å²) < 4.78 is 2.93. The molecule has 0 atom stereocenters. The van der Waals surface area contributed by atoms with Crippen LogP contribution >= 0.6 is 0 Å². The lowest BCUT2D eigenvalue weighted by Crippen LogP contribution is -2.21. The summed E-state index contributed by atoms with van der Waals surface area (Å²) >= 11 is 0. The molecule has 0 radical (unpaired) electrons. The molecule has 0 saturated heterocycles. The Hall–Kier alpha value is -6.77. The van der Waals surface area contributed by atoms with Gasteiger partial charge < -0.3 is 0 Å². The standard InChI is InChI=1S/C29H20N10O5/c40-29(30-27-25(19-7-3-1-4-8-19)36(34-32-27)21-11-15-23(16-12-21)38(41)42)31-28-26(20-9-5-2-6-10-20)37(35-33-28)22-13-17-24(18-14-22)39(43)44/h1-18H,(H2,30,31,40). The first kappa shape index (κ1) is 27.4. The Balaban J connectivity index is 1.34. The average Bonchev–Trinajstić information content (AvgIpc) is 3.66. The zero-order chi connectivity index (χ0) is 30.6. The molecule has 2 amide bonds. The summed E-state index contributed by atoms with van der Waals surface area (Å²) in [6, 6.07) is 29.0. The maximum Gasteiger partial charge on any atom is 0.326 e. The van der Waals surface area contributed by atoms with E-state index in [2.05, 4.69) is 31.3 Å². The number of hydrogen-bond donors (Lipinski definition) is 2. The van der Waals surface area contributed by atoms with Crippen LogP contribution in [-0.4, -0.2) is 45.9 Å². The summed E-state index contributed by atoms with van der Waals surface area (Å²) in [7, 11) is 0. The van der Waals surface area contributed by atoms with E-state index in [1.807, 2.05) is 60.7 Å². The molecule has 6 rings (SSSR count). The average molecular weight is 589 g/mol. The molecule has 4 aromatic carbocycles. The molecule has 6 aromatic rings. The van der Waals surface area contributed by atoms with E-state index >= 15 is 0 Å². The van der Waals surface area contributed by atoms with Crippen molar-refractivity contribution in [2.75, 3.05) is 10.6 Å². The number of anilines is 2. The Morgan fingerprint density at radius 2 is 0.932 bits per heavy atom. The number of non-ortho nitro benzene ring substituents is 2. The normalized spacial score (nSPS) is 10.7. The van der Waals surface area contributed by atoms with Crippen molar-refractivity contribution in [1.29, 1.82) is 0 Å². The SMILES string of the molecule is O=C(Nc1nnn(-c2ccc([N+](=O)[O-])cc2)c1-c1ccccc1)Nc1nnn(-c2ccc([N+](=O)[O-])cc2)c1-c1ccccc1. The lowest BCUT2D eigenvalue weighted by Gasteiger charge is -2.11. The minimum atomic E-state index is -0.689. The highest BCUT2D eigenvalue weighted by Gasteiger charge is 2.22. The second kappa shape index (κ2) is 11.6. The predicted octanol–water partition coefficient (Wildman–Crippen LogP) is 5.64. The molecule has 2 aromatic heterocycles. The Bertz CT molecular complexity index is 1830. The molecule has 0 bridgehead atoms. The molecule has 0 aliphatic rings. The first-order valence-electron chi connectivity index (χ1n) is 13.0. The van der Waals surface area contributed by atoms with Crippen LogP contribution in [0.5, 0.6) is 0 Å².